The number of methoxy groups -OCH3 is 1. The third-order valence-corrected chi connectivity index (χ3v) is 5.54. The number of pyridine rings is 1. The summed E-state index contributed by atoms with van der Waals surface area (Å²) < 4.78 is 22.0. The van der Waals surface area contributed by atoms with Crippen molar-refractivity contribution in [3.05, 3.63) is 58.5 Å². The maximum absolute atomic E-state index is 13.3. The van der Waals surface area contributed by atoms with Crippen LogP contribution in [0.3, 0.4) is 0 Å². The van der Waals surface area contributed by atoms with E-state index in [0.29, 0.717) is 29.9 Å². The molecule has 2 aromatic heterocycles. The van der Waals surface area contributed by atoms with Gasteiger partial charge in [0, 0.05) is 64.6 Å². The molecule has 158 valence electrons. The van der Waals surface area contributed by atoms with Gasteiger partial charge < -0.3 is 18.8 Å². The number of fused-ring (bicyclic) bond motifs is 1. The van der Waals surface area contributed by atoms with Crippen molar-refractivity contribution in [1.29, 1.82) is 0 Å². The highest BCUT2D eigenvalue weighted by Gasteiger charge is 2.25. The van der Waals surface area contributed by atoms with Crippen LogP contribution < -0.4 is 10.3 Å². The molecule has 0 unspecified atom stereocenters. The molecule has 1 aliphatic rings. The second-order valence-corrected chi connectivity index (χ2v) is 7.41. The van der Waals surface area contributed by atoms with Gasteiger partial charge in [0.15, 0.2) is 0 Å². The van der Waals surface area contributed by atoms with Crippen LogP contribution in [0.2, 0.25) is 0 Å². The minimum Gasteiger partial charge on any atom is -0.496 e. The summed E-state index contributed by atoms with van der Waals surface area (Å²) in [4.78, 5) is 33.1. The summed E-state index contributed by atoms with van der Waals surface area (Å²) in [6.45, 7) is 4.25. The second kappa shape index (κ2) is 8.27. The van der Waals surface area contributed by atoms with Gasteiger partial charge in [-0.05, 0) is 12.1 Å². The van der Waals surface area contributed by atoms with Gasteiger partial charge in [0.1, 0.15) is 11.6 Å². The number of amides is 1. The summed E-state index contributed by atoms with van der Waals surface area (Å²) in [5.41, 5.74) is 1.73. The van der Waals surface area contributed by atoms with E-state index >= 15 is 0 Å². The Labute approximate surface area is 173 Å². The lowest BCUT2D eigenvalue weighted by molar-refractivity contribution is 0.0629. The van der Waals surface area contributed by atoms with Crippen molar-refractivity contribution in [2.75, 3.05) is 39.8 Å². The van der Waals surface area contributed by atoms with E-state index in [0.717, 1.165) is 31.7 Å². The average molecular weight is 413 g/mol. The van der Waals surface area contributed by atoms with Gasteiger partial charge in [-0.3, -0.25) is 14.5 Å². The Morgan fingerprint density at radius 1 is 1.17 bits per heavy atom. The molecule has 0 bridgehead atoms. The van der Waals surface area contributed by atoms with Crippen LogP contribution in [0.1, 0.15) is 10.4 Å². The Balaban J connectivity index is 1.36. The van der Waals surface area contributed by atoms with E-state index in [2.05, 4.69) is 9.88 Å². The van der Waals surface area contributed by atoms with Gasteiger partial charge in [0.25, 0.3) is 11.5 Å². The number of imidazole rings is 1. The van der Waals surface area contributed by atoms with Crippen LogP contribution >= 0.6 is 0 Å². The number of benzene rings is 1. The number of halogens is 1. The molecule has 30 heavy (non-hydrogen) atoms. The van der Waals surface area contributed by atoms with Crippen LogP contribution in [0.25, 0.3) is 11.0 Å². The molecule has 3 aromatic rings. The SMILES string of the molecule is COc1cc(=O)n(C)cc1C(=O)N1CCN(CCn2cnc3cc(F)ccc32)CC1. The molecule has 8 nitrogen and oxygen atoms in total. The lowest BCUT2D eigenvalue weighted by Gasteiger charge is -2.35. The maximum Gasteiger partial charge on any atom is 0.259 e. The third-order valence-electron chi connectivity index (χ3n) is 5.54. The molecule has 0 radical (unpaired) electrons. The van der Waals surface area contributed by atoms with E-state index < -0.39 is 0 Å². The first-order valence-electron chi connectivity index (χ1n) is 9.83. The number of hydrogen-bond donors (Lipinski definition) is 0. The number of hydrogen-bond acceptors (Lipinski definition) is 5. The Bertz CT molecular complexity index is 1130. The first-order valence-corrected chi connectivity index (χ1v) is 9.83. The molecule has 1 aromatic carbocycles. The molecule has 0 saturated carbocycles. The Kier molecular flexibility index (Phi) is 5.54. The number of carbonyl (C=O) groups is 1. The van der Waals surface area contributed by atoms with Gasteiger partial charge in [0.05, 0.1) is 30.0 Å². The van der Waals surface area contributed by atoms with Crippen LogP contribution in [-0.4, -0.2) is 69.7 Å². The van der Waals surface area contributed by atoms with Crippen molar-refractivity contribution in [2.24, 2.45) is 7.05 Å². The molecule has 4 rings (SSSR count). The highest BCUT2D eigenvalue weighted by molar-refractivity contribution is 5.96. The quantitative estimate of drug-likeness (QED) is 0.631. The van der Waals surface area contributed by atoms with Crippen molar-refractivity contribution < 1.29 is 13.9 Å². The van der Waals surface area contributed by atoms with E-state index in [4.69, 9.17) is 4.74 Å². The fraction of sp³-hybridized carbons (Fsp3) is 0.381. The van der Waals surface area contributed by atoms with Crippen molar-refractivity contribution in [3.63, 3.8) is 0 Å². The third kappa shape index (κ3) is 3.93. The van der Waals surface area contributed by atoms with Crippen LogP contribution in [0.15, 0.2) is 41.6 Å². The number of nitrogens with zero attached hydrogens (tertiary/aromatic N) is 5. The zero-order valence-corrected chi connectivity index (χ0v) is 17.0. The fourth-order valence-electron chi connectivity index (χ4n) is 3.75. The number of rotatable bonds is 5. The smallest absolute Gasteiger partial charge is 0.259 e. The Morgan fingerprint density at radius 2 is 1.93 bits per heavy atom. The summed E-state index contributed by atoms with van der Waals surface area (Å²) in [5.74, 6) is -0.123. The molecule has 1 amide bonds. The predicted molar refractivity (Wildman–Crippen MR) is 110 cm³/mol. The first kappa shape index (κ1) is 20.1. The zero-order chi connectivity index (χ0) is 21.3. The molecule has 3 heterocycles. The molecule has 0 atom stereocenters. The largest absolute Gasteiger partial charge is 0.496 e. The van der Waals surface area contributed by atoms with E-state index in [1.54, 1.807) is 24.3 Å². The van der Waals surface area contributed by atoms with Gasteiger partial charge in [-0.25, -0.2) is 9.37 Å². The van der Waals surface area contributed by atoms with Gasteiger partial charge in [0.2, 0.25) is 0 Å². The zero-order valence-electron chi connectivity index (χ0n) is 17.0. The predicted octanol–water partition coefficient (Wildman–Crippen LogP) is 1.34. The second-order valence-electron chi connectivity index (χ2n) is 7.41. The molecule has 0 N–H and O–H groups in total. The number of aromatic nitrogens is 3. The van der Waals surface area contributed by atoms with Crippen LogP contribution in [0, 0.1) is 5.82 Å². The minimum atomic E-state index is -0.288. The van der Waals surface area contributed by atoms with Crippen molar-refractivity contribution in [1.82, 2.24) is 23.9 Å². The van der Waals surface area contributed by atoms with Gasteiger partial charge in [-0.15, -0.1) is 0 Å². The molecule has 1 aliphatic heterocycles. The van der Waals surface area contributed by atoms with Crippen LogP contribution in [0.5, 0.6) is 5.75 Å². The molecular formula is C21H24FN5O3. The lowest BCUT2D eigenvalue weighted by Crippen LogP contribution is -2.49. The van der Waals surface area contributed by atoms with E-state index in [1.165, 1.54) is 36.1 Å². The molecule has 9 heteroatoms. The molecule has 1 fully saturated rings. The van der Waals surface area contributed by atoms with Crippen LogP contribution in [-0.2, 0) is 13.6 Å². The van der Waals surface area contributed by atoms with Crippen molar-refractivity contribution in [2.45, 2.75) is 6.54 Å². The molecule has 0 spiro atoms. The molecular weight excluding hydrogens is 389 g/mol. The van der Waals surface area contributed by atoms with Crippen molar-refractivity contribution in [3.8, 4) is 5.75 Å². The molecule has 0 aliphatic carbocycles. The number of aryl methyl sites for hydroxylation is 1. The fourth-order valence-corrected chi connectivity index (χ4v) is 3.75. The lowest BCUT2D eigenvalue weighted by atomic mass is 10.2. The minimum absolute atomic E-state index is 0.135. The summed E-state index contributed by atoms with van der Waals surface area (Å²) in [6, 6.07) is 5.96. The van der Waals surface area contributed by atoms with E-state index in [1.807, 2.05) is 4.57 Å². The van der Waals surface area contributed by atoms with Crippen LogP contribution in [0.4, 0.5) is 4.39 Å². The van der Waals surface area contributed by atoms with E-state index in [-0.39, 0.29) is 17.3 Å². The monoisotopic (exact) mass is 413 g/mol. The highest BCUT2D eigenvalue weighted by Crippen LogP contribution is 2.19. The van der Waals surface area contributed by atoms with Crippen molar-refractivity contribution >= 4 is 16.9 Å². The number of piperazine rings is 1. The summed E-state index contributed by atoms with van der Waals surface area (Å²) >= 11 is 0. The van der Waals surface area contributed by atoms with Gasteiger partial charge in [-0.1, -0.05) is 0 Å². The maximum atomic E-state index is 13.3. The average Bonchev–Trinajstić information content (AvgIpc) is 3.15. The Hall–Kier alpha value is -3.20. The Morgan fingerprint density at radius 3 is 2.67 bits per heavy atom. The summed E-state index contributed by atoms with van der Waals surface area (Å²) in [6.07, 6.45) is 3.26. The van der Waals surface area contributed by atoms with Gasteiger partial charge >= 0.3 is 0 Å². The summed E-state index contributed by atoms with van der Waals surface area (Å²) in [7, 11) is 3.07. The normalized spacial score (nSPS) is 15.0. The summed E-state index contributed by atoms with van der Waals surface area (Å²) in [5, 5.41) is 0. The van der Waals surface area contributed by atoms with E-state index in [9.17, 15) is 14.0 Å². The number of ether oxygens (including phenoxy) is 1. The highest BCUT2D eigenvalue weighted by atomic mass is 19.1. The molecule has 1 saturated heterocycles. The topological polar surface area (TPSA) is 72.6 Å². The van der Waals surface area contributed by atoms with Gasteiger partial charge in [-0.2, -0.15) is 0 Å². The number of carbonyl (C=O) groups excluding carboxylic acids is 1. The standard InChI is InChI=1S/C21H24FN5O3/c1-24-13-16(19(30-2)12-20(24)28)21(29)26-8-5-25(6-9-26)7-10-27-14-23-17-11-15(22)3-4-18(17)27/h3-4,11-14H,5-10H2,1-2H3. The first-order chi connectivity index (χ1) is 14.5.